The molecule has 1 aliphatic rings. The second-order valence-corrected chi connectivity index (χ2v) is 6.36. The lowest BCUT2D eigenvalue weighted by Gasteiger charge is -2.14. The average molecular weight is 251 g/mol. The lowest BCUT2D eigenvalue weighted by atomic mass is 10.2. The molecule has 0 bridgehead atoms. The van der Waals surface area contributed by atoms with Crippen molar-refractivity contribution in [3.8, 4) is 0 Å². The molecular formula is C9H9Cl2O2P. The summed E-state index contributed by atoms with van der Waals surface area (Å²) in [6.07, 6.45) is -0.298. The van der Waals surface area contributed by atoms with Gasteiger partial charge in [-0.2, -0.15) is 0 Å². The number of ether oxygens (including phenoxy) is 2. The van der Waals surface area contributed by atoms with Gasteiger partial charge in [-0.3, -0.25) is 0 Å². The summed E-state index contributed by atoms with van der Waals surface area (Å²) in [6.45, 7) is 0.105. The number of benzene rings is 1. The highest BCUT2D eigenvalue weighted by Crippen LogP contribution is 2.47. The highest BCUT2D eigenvalue weighted by Gasteiger charge is 2.23. The van der Waals surface area contributed by atoms with Crippen LogP contribution in [0.5, 0.6) is 0 Å². The summed E-state index contributed by atoms with van der Waals surface area (Å²) in [6, 6.07) is 7.68. The Labute approximate surface area is 93.4 Å². The standard InChI is InChI=1S/C9H9Cl2O2P/c10-14(11)8-4-2-1-3-7(8)9-12-5-6-13-9/h1-4,9H,5-6H2. The summed E-state index contributed by atoms with van der Waals surface area (Å²) >= 11 is 11.8. The molecule has 1 fully saturated rings. The third kappa shape index (κ3) is 2.21. The van der Waals surface area contributed by atoms with E-state index in [1.807, 2.05) is 24.3 Å². The molecule has 14 heavy (non-hydrogen) atoms. The molecule has 0 unspecified atom stereocenters. The van der Waals surface area contributed by atoms with Gasteiger partial charge in [-0.15, -0.1) is 0 Å². The molecule has 0 atom stereocenters. The van der Waals surface area contributed by atoms with Gasteiger partial charge in [-0.25, -0.2) is 0 Å². The molecule has 1 heterocycles. The molecule has 0 aliphatic carbocycles. The first-order valence-corrected chi connectivity index (χ1v) is 7.38. The molecule has 2 rings (SSSR count). The molecule has 0 N–H and O–H groups in total. The molecule has 76 valence electrons. The van der Waals surface area contributed by atoms with E-state index in [9.17, 15) is 0 Å². The molecule has 2 nitrogen and oxygen atoms in total. The maximum atomic E-state index is 5.91. The maximum absolute atomic E-state index is 5.91. The minimum absolute atomic E-state index is 0.298. The molecular weight excluding hydrogens is 242 g/mol. The van der Waals surface area contributed by atoms with Crippen molar-refractivity contribution in [2.24, 2.45) is 0 Å². The van der Waals surface area contributed by atoms with E-state index < -0.39 is 6.63 Å². The molecule has 0 radical (unpaired) electrons. The first-order valence-electron chi connectivity index (χ1n) is 4.23. The van der Waals surface area contributed by atoms with E-state index in [1.54, 1.807) is 0 Å². The third-order valence-electron chi connectivity index (χ3n) is 1.99. The van der Waals surface area contributed by atoms with Crippen molar-refractivity contribution in [2.45, 2.75) is 6.29 Å². The van der Waals surface area contributed by atoms with E-state index in [2.05, 4.69) is 0 Å². The van der Waals surface area contributed by atoms with Crippen molar-refractivity contribution in [1.29, 1.82) is 0 Å². The van der Waals surface area contributed by atoms with Gasteiger partial charge in [0.25, 0.3) is 0 Å². The van der Waals surface area contributed by atoms with Crippen molar-refractivity contribution in [3.63, 3.8) is 0 Å². The van der Waals surface area contributed by atoms with E-state index in [4.69, 9.17) is 32.0 Å². The summed E-state index contributed by atoms with van der Waals surface area (Å²) in [7, 11) is 0. The predicted molar refractivity (Wildman–Crippen MR) is 59.3 cm³/mol. The first-order chi connectivity index (χ1) is 6.79. The fourth-order valence-corrected chi connectivity index (χ4v) is 2.88. The van der Waals surface area contributed by atoms with Gasteiger partial charge in [0, 0.05) is 10.9 Å². The first kappa shape index (κ1) is 10.7. The molecule has 1 saturated heterocycles. The van der Waals surface area contributed by atoms with Crippen LogP contribution in [-0.4, -0.2) is 13.2 Å². The highest BCUT2D eigenvalue weighted by atomic mass is 35.9. The van der Waals surface area contributed by atoms with Crippen molar-refractivity contribution in [1.82, 2.24) is 0 Å². The minimum atomic E-state index is -1.15. The number of hydrogen-bond donors (Lipinski definition) is 0. The number of rotatable bonds is 2. The van der Waals surface area contributed by atoms with Crippen LogP contribution in [0.3, 0.4) is 0 Å². The Balaban J connectivity index is 2.30. The molecule has 0 amide bonds. The lowest BCUT2D eigenvalue weighted by molar-refractivity contribution is -0.0433. The van der Waals surface area contributed by atoms with Gasteiger partial charge in [0.15, 0.2) is 6.29 Å². The van der Waals surface area contributed by atoms with E-state index in [-0.39, 0.29) is 6.29 Å². The summed E-state index contributed by atoms with van der Waals surface area (Å²) < 4.78 is 10.8. The second-order valence-electron chi connectivity index (χ2n) is 2.87. The lowest BCUT2D eigenvalue weighted by Crippen LogP contribution is -2.10. The number of halogens is 2. The molecule has 1 aliphatic heterocycles. The van der Waals surface area contributed by atoms with Crippen molar-refractivity contribution in [3.05, 3.63) is 29.8 Å². The van der Waals surface area contributed by atoms with Crippen molar-refractivity contribution < 1.29 is 9.47 Å². The molecule has 0 spiro atoms. The smallest absolute Gasteiger partial charge is 0.184 e. The quantitative estimate of drug-likeness (QED) is 0.751. The zero-order chi connectivity index (χ0) is 9.97. The monoisotopic (exact) mass is 250 g/mol. The predicted octanol–water partition coefficient (Wildman–Crippen LogP) is 3.15. The van der Waals surface area contributed by atoms with Crippen LogP contribution in [0.15, 0.2) is 24.3 Å². The topological polar surface area (TPSA) is 18.5 Å². The van der Waals surface area contributed by atoms with Crippen LogP contribution in [0.1, 0.15) is 11.9 Å². The molecule has 0 saturated carbocycles. The van der Waals surface area contributed by atoms with Crippen LogP contribution in [-0.2, 0) is 9.47 Å². The van der Waals surface area contributed by atoms with E-state index >= 15 is 0 Å². The summed E-state index contributed by atoms with van der Waals surface area (Å²) in [4.78, 5) is 0. The fraction of sp³-hybridized carbons (Fsp3) is 0.333. The molecule has 1 aromatic rings. The molecule has 5 heteroatoms. The van der Waals surface area contributed by atoms with Crippen LogP contribution in [0.2, 0.25) is 0 Å². The van der Waals surface area contributed by atoms with E-state index in [0.717, 1.165) is 10.9 Å². The van der Waals surface area contributed by atoms with Gasteiger partial charge in [0.05, 0.1) is 13.2 Å². The van der Waals surface area contributed by atoms with Gasteiger partial charge in [-0.1, -0.05) is 46.7 Å². The third-order valence-corrected chi connectivity index (χ3v) is 3.86. The Hall–Kier alpha value is 0.150. The fourth-order valence-electron chi connectivity index (χ4n) is 1.38. The SMILES string of the molecule is ClP(Cl)c1ccccc1C1OCCO1. The highest BCUT2D eigenvalue weighted by molar-refractivity contribution is 8.08. The van der Waals surface area contributed by atoms with Gasteiger partial charge in [0.1, 0.15) is 6.63 Å². The van der Waals surface area contributed by atoms with Crippen molar-refractivity contribution in [2.75, 3.05) is 13.2 Å². The maximum Gasteiger partial charge on any atom is 0.184 e. The Morgan fingerprint density at radius 2 is 1.79 bits per heavy atom. The zero-order valence-corrected chi connectivity index (χ0v) is 9.73. The van der Waals surface area contributed by atoms with Crippen molar-refractivity contribution >= 4 is 34.4 Å². The van der Waals surface area contributed by atoms with Crippen LogP contribution >= 0.6 is 29.1 Å². The van der Waals surface area contributed by atoms with Crippen LogP contribution in [0, 0.1) is 0 Å². The Morgan fingerprint density at radius 3 is 2.43 bits per heavy atom. The van der Waals surface area contributed by atoms with Gasteiger partial charge in [0.2, 0.25) is 0 Å². The van der Waals surface area contributed by atoms with Crippen LogP contribution in [0.4, 0.5) is 0 Å². The van der Waals surface area contributed by atoms with E-state index in [1.165, 1.54) is 0 Å². The normalized spacial score (nSPS) is 17.9. The second kappa shape index (κ2) is 4.78. The summed E-state index contributed by atoms with van der Waals surface area (Å²) in [5.41, 5.74) is 0.945. The minimum Gasteiger partial charge on any atom is -0.346 e. The van der Waals surface area contributed by atoms with Gasteiger partial charge >= 0.3 is 0 Å². The largest absolute Gasteiger partial charge is 0.346 e. The van der Waals surface area contributed by atoms with Crippen LogP contribution < -0.4 is 5.30 Å². The zero-order valence-electron chi connectivity index (χ0n) is 7.32. The molecule has 0 aromatic heterocycles. The van der Waals surface area contributed by atoms with Gasteiger partial charge < -0.3 is 9.47 Å². The average Bonchev–Trinajstić information content (AvgIpc) is 2.70. The Kier molecular flexibility index (Phi) is 3.64. The van der Waals surface area contributed by atoms with Crippen LogP contribution in [0.25, 0.3) is 0 Å². The summed E-state index contributed by atoms with van der Waals surface area (Å²) in [5, 5.41) is 0.915. The number of hydrogen-bond acceptors (Lipinski definition) is 2. The Morgan fingerprint density at radius 1 is 1.14 bits per heavy atom. The summed E-state index contributed by atoms with van der Waals surface area (Å²) in [5.74, 6) is 0. The Bertz CT molecular complexity index is 313. The van der Waals surface area contributed by atoms with Gasteiger partial charge in [-0.05, 0) is 0 Å². The van der Waals surface area contributed by atoms with E-state index in [0.29, 0.717) is 13.2 Å². The molecule has 1 aromatic carbocycles.